The molecule has 0 bridgehead atoms. The maximum absolute atomic E-state index is 13.2. The van der Waals surface area contributed by atoms with Gasteiger partial charge in [0.1, 0.15) is 0 Å². The first-order chi connectivity index (χ1) is 11.6. The van der Waals surface area contributed by atoms with E-state index in [-0.39, 0.29) is 5.91 Å². The molecule has 0 saturated carbocycles. The summed E-state index contributed by atoms with van der Waals surface area (Å²) in [7, 11) is 1.71. The van der Waals surface area contributed by atoms with E-state index in [0.717, 1.165) is 0 Å². The normalized spacial score (nSPS) is 15.4. The van der Waals surface area contributed by atoms with Gasteiger partial charge in [0, 0.05) is 33.2 Å². The molecular formula is C16H20N4O2S2. The van der Waals surface area contributed by atoms with E-state index in [9.17, 15) is 9.90 Å². The maximum atomic E-state index is 13.2. The highest BCUT2D eigenvalue weighted by molar-refractivity contribution is 7.12. The van der Waals surface area contributed by atoms with Gasteiger partial charge in [-0.2, -0.15) is 0 Å². The molecule has 2 aromatic heterocycles. The summed E-state index contributed by atoms with van der Waals surface area (Å²) >= 11 is 2.77. The van der Waals surface area contributed by atoms with E-state index < -0.39 is 5.60 Å². The van der Waals surface area contributed by atoms with Crippen LogP contribution in [0.5, 0.6) is 0 Å². The summed E-state index contributed by atoms with van der Waals surface area (Å²) in [5.74, 6) is 0.0666. The molecule has 0 spiro atoms. The molecule has 8 heteroatoms. The molecule has 1 aliphatic heterocycles. The van der Waals surface area contributed by atoms with Crippen LogP contribution in [0.4, 0.5) is 0 Å². The van der Waals surface area contributed by atoms with Crippen molar-refractivity contribution >= 4 is 34.5 Å². The molecule has 1 aliphatic rings. The van der Waals surface area contributed by atoms with Crippen molar-refractivity contribution < 1.29 is 9.90 Å². The van der Waals surface area contributed by atoms with Crippen molar-refractivity contribution in [3.05, 3.63) is 44.8 Å². The maximum Gasteiger partial charge on any atom is 0.265 e. The van der Waals surface area contributed by atoms with Crippen LogP contribution in [0.1, 0.15) is 9.75 Å². The average molecular weight is 364 g/mol. The van der Waals surface area contributed by atoms with E-state index in [1.54, 1.807) is 24.1 Å². The van der Waals surface area contributed by atoms with Crippen molar-refractivity contribution in [2.45, 2.75) is 5.60 Å². The highest BCUT2D eigenvalue weighted by Gasteiger charge is 2.45. The zero-order valence-corrected chi connectivity index (χ0v) is 15.0. The van der Waals surface area contributed by atoms with Gasteiger partial charge >= 0.3 is 0 Å². The smallest absolute Gasteiger partial charge is 0.265 e. The monoisotopic (exact) mass is 364 g/mol. The largest absolute Gasteiger partial charge is 0.371 e. The number of guanidine groups is 1. The molecule has 0 atom stereocenters. The van der Waals surface area contributed by atoms with Crippen LogP contribution in [-0.4, -0.2) is 60.0 Å². The Hall–Kier alpha value is -1.90. The van der Waals surface area contributed by atoms with Crippen molar-refractivity contribution in [3.8, 4) is 0 Å². The van der Waals surface area contributed by atoms with Crippen LogP contribution in [0.15, 0.2) is 35.0 Å². The molecule has 0 radical (unpaired) electrons. The first-order valence-electron chi connectivity index (χ1n) is 7.68. The fourth-order valence-corrected chi connectivity index (χ4v) is 4.54. The Balaban J connectivity index is 1.83. The van der Waals surface area contributed by atoms with Crippen molar-refractivity contribution in [3.63, 3.8) is 0 Å². The van der Waals surface area contributed by atoms with Crippen LogP contribution < -0.4 is 5.32 Å². The van der Waals surface area contributed by atoms with Crippen LogP contribution in [0.3, 0.4) is 0 Å². The zero-order valence-electron chi connectivity index (χ0n) is 13.4. The predicted molar refractivity (Wildman–Crippen MR) is 96.6 cm³/mol. The molecule has 24 heavy (non-hydrogen) atoms. The van der Waals surface area contributed by atoms with E-state index in [2.05, 4.69) is 5.32 Å². The van der Waals surface area contributed by atoms with Gasteiger partial charge in [-0.05, 0) is 22.9 Å². The molecule has 1 amide bonds. The molecule has 3 rings (SSSR count). The topological polar surface area (TPSA) is 79.7 Å². The number of nitrogens with one attached hydrogen (secondary N) is 2. The second-order valence-electron chi connectivity index (χ2n) is 5.54. The van der Waals surface area contributed by atoms with Crippen molar-refractivity contribution in [2.24, 2.45) is 0 Å². The van der Waals surface area contributed by atoms with Gasteiger partial charge in [-0.1, -0.05) is 12.1 Å². The highest BCUT2D eigenvalue weighted by Crippen LogP contribution is 2.37. The predicted octanol–water partition coefficient (Wildman–Crippen LogP) is 1.34. The van der Waals surface area contributed by atoms with E-state index in [1.807, 2.05) is 27.8 Å². The number of rotatable bonds is 3. The van der Waals surface area contributed by atoms with Crippen molar-refractivity contribution in [1.82, 2.24) is 15.1 Å². The van der Waals surface area contributed by atoms with E-state index in [0.29, 0.717) is 41.9 Å². The number of carbonyl (C=O) groups is 1. The molecule has 0 aromatic carbocycles. The molecule has 1 saturated heterocycles. The lowest BCUT2D eigenvalue weighted by atomic mass is 9.97. The first kappa shape index (κ1) is 16.9. The Morgan fingerprint density at radius 1 is 1.12 bits per heavy atom. The molecule has 0 unspecified atom stereocenters. The molecule has 128 valence electrons. The third-order valence-corrected chi connectivity index (χ3v) is 6.14. The Morgan fingerprint density at radius 3 is 2.04 bits per heavy atom. The van der Waals surface area contributed by atoms with Gasteiger partial charge in [0.25, 0.3) is 5.91 Å². The van der Waals surface area contributed by atoms with E-state index >= 15 is 0 Å². The summed E-state index contributed by atoms with van der Waals surface area (Å²) in [6.45, 7) is 2.14. The van der Waals surface area contributed by atoms with Crippen LogP contribution in [0.25, 0.3) is 0 Å². The lowest BCUT2D eigenvalue weighted by Gasteiger charge is -2.39. The summed E-state index contributed by atoms with van der Waals surface area (Å²) < 4.78 is 0. The second-order valence-corrected chi connectivity index (χ2v) is 7.44. The molecule has 3 heterocycles. The SMILES string of the molecule is CNC(=N)N1CCN(C(=O)C(O)(c2cccs2)c2cccs2)CC1. The Kier molecular flexibility index (Phi) is 4.88. The van der Waals surface area contributed by atoms with Crippen LogP contribution in [0, 0.1) is 5.41 Å². The molecular weight excluding hydrogens is 344 g/mol. The van der Waals surface area contributed by atoms with Gasteiger partial charge in [-0.15, -0.1) is 22.7 Å². The van der Waals surface area contributed by atoms with Crippen LogP contribution in [-0.2, 0) is 10.4 Å². The summed E-state index contributed by atoms with van der Waals surface area (Å²) in [4.78, 5) is 18.0. The zero-order chi connectivity index (χ0) is 17.2. The number of hydrogen-bond donors (Lipinski definition) is 3. The molecule has 1 fully saturated rings. The van der Waals surface area contributed by atoms with E-state index in [1.165, 1.54) is 22.7 Å². The van der Waals surface area contributed by atoms with E-state index in [4.69, 9.17) is 5.41 Å². The Morgan fingerprint density at radius 2 is 1.62 bits per heavy atom. The number of piperazine rings is 1. The number of carbonyl (C=O) groups excluding carboxylic acids is 1. The summed E-state index contributed by atoms with van der Waals surface area (Å²) in [6, 6.07) is 7.29. The second kappa shape index (κ2) is 6.92. The fraction of sp³-hybridized carbons (Fsp3) is 0.375. The molecule has 3 N–H and O–H groups in total. The number of aliphatic hydroxyl groups is 1. The van der Waals surface area contributed by atoms with Gasteiger partial charge in [0.2, 0.25) is 5.60 Å². The minimum absolute atomic E-state index is 0.289. The van der Waals surface area contributed by atoms with Crippen molar-refractivity contribution in [2.75, 3.05) is 33.2 Å². The summed E-state index contributed by atoms with van der Waals surface area (Å²) in [6.07, 6.45) is 0. The number of amides is 1. The quantitative estimate of drug-likeness (QED) is 0.567. The first-order valence-corrected chi connectivity index (χ1v) is 9.44. The fourth-order valence-electron chi connectivity index (χ4n) is 2.82. The van der Waals surface area contributed by atoms with Gasteiger partial charge in [-0.25, -0.2) is 0 Å². The minimum atomic E-state index is -1.62. The van der Waals surface area contributed by atoms with Crippen molar-refractivity contribution in [1.29, 1.82) is 5.41 Å². The van der Waals surface area contributed by atoms with Gasteiger partial charge in [-0.3, -0.25) is 10.2 Å². The molecule has 2 aromatic rings. The Labute approximate surface area is 148 Å². The van der Waals surface area contributed by atoms with Crippen LogP contribution in [0.2, 0.25) is 0 Å². The third-order valence-electron chi connectivity index (χ3n) is 4.18. The van der Waals surface area contributed by atoms with Gasteiger partial charge < -0.3 is 20.2 Å². The minimum Gasteiger partial charge on any atom is -0.371 e. The standard InChI is InChI=1S/C16H20N4O2S2/c1-18-15(17)20-8-6-19(7-9-20)14(21)16(22,12-4-2-10-23-12)13-5-3-11-24-13/h2-5,10-11,22H,6-9H2,1H3,(H2,17,18). The summed E-state index contributed by atoms with van der Waals surface area (Å²) in [5, 5.41) is 25.7. The highest BCUT2D eigenvalue weighted by atomic mass is 32.1. The Bertz CT molecular complexity index is 658. The average Bonchev–Trinajstić information content (AvgIpc) is 3.33. The van der Waals surface area contributed by atoms with Crippen LogP contribution >= 0.6 is 22.7 Å². The summed E-state index contributed by atoms with van der Waals surface area (Å²) in [5.41, 5.74) is -1.62. The number of thiophene rings is 2. The van der Waals surface area contributed by atoms with Gasteiger partial charge in [0.05, 0.1) is 9.75 Å². The molecule has 0 aliphatic carbocycles. The number of nitrogens with zero attached hydrogens (tertiary/aromatic N) is 2. The van der Waals surface area contributed by atoms with Gasteiger partial charge in [0.15, 0.2) is 5.96 Å². The third kappa shape index (κ3) is 2.92. The molecule has 6 nitrogen and oxygen atoms in total. The lowest BCUT2D eigenvalue weighted by Crippen LogP contribution is -2.56. The number of hydrogen-bond acceptors (Lipinski definition) is 5. The lowest BCUT2D eigenvalue weighted by molar-refractivity contribution is -0.148.